The van der Waals surface area contributed by atoms with E-state index in [9.17, 15) is 0 Å². The largest absolute Gasteiger partial charge is 0.329 e. The molecule has 0 unspecified atom stereocenters. The molecule has 1 aliphatic heterocycles. The highest BCUT2D eigenvalue weighted by Gasteiger charge is 2.19. The topological polar surface area (TPSA) is 42.1 Å². The Bertz CT molecular complexity index is 536. The summed E-state index contributed by atoms with van der Waals surface area (Å²) in [7, 11) is 0. The van der Waals surface area contributed by atoms with Crippen LogP contribution in [-0.4, -0.2) is 29.5 Å². The first kappa shape index (κ1) is 12.8. The van der Waals surface area contributed by atoms with Gasteiger partial charge in [0, 0.05) is 43.9 Å². The fourth-order valence-corrected chi connectivity index (χ4v) is 3.71. The van der Waals surface area contributed by atoms with Crippen LogP contribution in [0, 0.1) is 0 Å². The average Bonchev–Trinajstić information content (AvgIpc) is 2.82. The third-order valence-electron chi connectivity index (χ3n) is 3.50. The Morgan fingerprint density at radius 1 is 1.26 bits per heavy atom. The van der Waals surface area contributed by atoms with Gasteiger partial charge in [0.25, 0.3) is 0 Å². The third kappa shape index (κ3) is 3.03. The lowest BCUT2D eigenvalue weighted by molar-refractivity contribution is 0.263. The standard InChI is InChI=1S/C15H19N3S/c16-7-9-18-8-6-13-14(11-18)19-15(17-13)10-12-4-2-1-3-5-12/h1-5H,6-11,16H2. The van der Waals surface area contributed by atoms with E-state index in [1.165, 1.54) is 21.1 Å². The smallest absolute Gasteiger partial charge is 0.0975 e. The van der Waals surface area contributed by atoms with Gasteiger partial charge in [-0.25, -0.2) is 4.98 Å². The fraction of sp³-hybridized carbons (Fsp3) is 0.400. The van der Waals surface area contributed by atoms with Crippen molar-refractivity contribution >= 4 is 11.3 Å². The maximum Gasteiger partial charge on any atom is 0.0975 e. The van der Waals surface area contributed by atoms with E-state index in [2.05, 4.69) is 35.2 Å². The molecule has 0 spiro atoms. The van der Waals surface area contributed by atoms with Gasteiger partial charge < -0.3 is 5.73 Å². The lowest BCUT2D eigenvalue weighted by Gasteiger charge is -2.24. The summed E-state index contributed by atoms with van der Waals surface area (Å²) < 4.78 is 0. The number of rotatable bonds is 4. The summed E-state index contributed by atoms with van der Waals surface area (Å²) in [5, 5.41) is 1.24. The Morgan fingerprint density at radius 2 is 2.11 bits per heavy atom. The molecule has 2 N–H and O–H groups in total. The summed E-state index contributed by atoms with van der Waals surface area (Å²) >= 11 is 1.87. The van der Waals surface area contributed by atoms with Crippen molar-refractivity contribution in [2.24, 2.45) is 5.73 Å². The number of hydrogen-bond acceptors (Lipinski definition) is 4. The van der Waals surface area contributed by atoms with Crippen LogP contribution in [-0.2, 0) is 19.4 Å². The molecule has 0 bridgehead atoms. The Kier molecular flexibility index (Phi) is 3.92. The van der Waals surface area contributed by atoms with Crippen LogP contribution in [0.5, 0.6) is 0 Å². The van der Waals surface area contributed by atoms with Gasteiger partial charge in [-0.3, -0.25) is 4.90 Å². The molecule has 2 heterocycles. The van der Waals surface area contributed by atoms with Crippen molar-refractivity contribution in [3.63, 3.8) is 0 Å². The van der Waals surface area contributed by atoms with E-state index >= 15 is 0 Å². The van der Waals surface area contributed by atoms with E-state index in [0.717, 1.165) is 39.0 Å². The molecule has 2 aromatic rings. The summed E-state index contributed by atoms with van der Waals surface area (Å²) in [5.41, 5.74) is 8.28. The van der Waals surface area contributed by atoms with E-state index in [-0.39, 0.29) is 0 Å². The summed E-state index contributed by atoms with van der Waals surface area (Å²) in [5.74, 6) is 0. The predicted octanol–water partition coefficient (Wildman–Crippen LogP) is 2.05. The zero-order valence-corrected chi connectivity index (χ0v) is 11.8. The number of nitrogens with zero attached hydrogens (tertiary/aromatic N) is 2. The first-order chi connectivity index (χ1) is 9.35. The molecule has 0 amide bonds. The fourth-order valence-electron chi connectivity index (χ4n) is 2.52. The minimum Gasteiger partial charge on any atom is -0.329 e. The maximum absolute atomic E-state index is 5.63. The van der Waals surface area contributed by atoms with Gasteiger partial charge in [0.2, 0.25) is 0 Å². The highest BCUT2D eigenvalue weighted by atomic mass is 32.1. The molecule has 100 valence electrons. The molecule has 0 saturated carbocycles. The van der Waals surface area contributed by atoms with Crippen molar-refractivity contribution in [3.05, 3.63) is 51.5 Å². The van der Waals surface area contributed by atoms with Gasteiger partial charge in [-0.05, 0) is 5.56 Å². The van der Waals surface area contributed by atoms with Gasteiger partial charge in [0.05, 0.1) is 10.7 Å². The van der Waals surface area contributed by atoms with Crippen molar-refractivity contribution < 1.29 is 0 Å². The average molecular weight is 273 g/mol. The van der Waals surface area contributed by atoms with E-state index in [1.807, 2.05) is 11.3 Å². The summed E-state index contributed by atoms with van der Waals surface area (Å²) in [4.78, 5) is 8.66. The summed E-state index contributed by atoms with van der Waals surface area (Å²) in [6.07, 6.45) is 2.02. The Balaban J connectivity index is 1.73. The molecule has 19 heavy (non-hydrogen) atoms. The van der Waals surface area contributed by atoms with Gasteiger partial charge >= 0.3 is 0 Å². The maximum atomic E-state index is 5.63. The van der Waals surface area contributed by atoms with Crippen LogP contribution >= 0.6 is 11.3 Å². The van der Waals surface area contributed by atoms with Crippen LogP contribution in [0.3, 0.4) is 0 Å². The number of fused-ring (bicyclic) bond motifs is 1. The minimum absolute atomic E-state index is 0.741. The van der Waals surface area contributed by atoms with E-state index in [0.29, 0.717) is 0 Å². The highest BCUT2D eigenvalue weighted by molar-refractivity contribution is 7.11. The van der Waals surface area contributed by atoms with Crippen molar-refractivity contribution in [2.75, 3.05) is 19.6 Å². The molecule has 3 nitrogen and oxygen atoms in total. The van der Waals surface area contributed by atoms with Gasteiger partial charge in [-0.15, -0.1) is 11.3 Å². The number of thiazole rings is 1. The highest BCUT2D eigenvalue weighted by Crippen LogP contribution is 2.26. The zero-order chi connectivity index (χ0) is 13.1. The molecule has 4 heteroatoms. The van der Waals surface area contributed by atoms with Crippen LogP contribution in [0.1, 0.15) is 21.1 Å². The summed E-state index contributed by atoms with van der Waals surface area (Å²) in [6, 6.07) is 10.6. The molecule has 0 atom stereocenters. The third-order valence-corrected chi connectivity index (χ3v) is 4.58. The molecular formula is C15H19N3S. The Hall–Kier alpha value is -1.23. The molecule has 0 radical (unpaired) electrons. The van der Waals surface area contributed by atoms with E-state index in [1.54, 1.807) is 0 Å². The zero-order valence-electron chi connectivity index (χ0n) is 11.0. The monoisotopic (exact) mass is 273 g/mol. The van der Waals surface area contributed by atoms with Crippen molar-refractivity contribution in [1.29, 1.82) is 0 Å². The Morgan fingerprint density at radius 3 is 2.89 bits per heavy atom. The number of nitrogens with two attached hydrogens (primary N) is 1. The molecule has 3 rings (SSSR count). The van der Waals surface area contributed by atoms with Gasteiger partial charge in [-0.1, -0.05) is 30.3 Å². The second-order valence-electron chi connectivity index (χ2n) is 4.95. The van der Waals surface area contributed by atoms with Gasteiger partial charge in [0.1, 0.15) is 0 Å². The van der Waals surface area contributed by atoms with E-state index < -0.39 is 0 Å². The SMILES string of the molecule is NCCN1CCc2nc(Cc3ccccc3)sc2C1. The summed E-state index contributed by atoms with van der Waals surface area (Å²) in [6.45, 7) is 3.86. The van der Waals surface area contributed by atoms with E-state index in [4.69, 9.17) is 10.7 Å². The molecular weight excluding hydrogens is 254 g/mol. The predicted molar refractivity (Wildman–Crippen MR) is 79.4 cm³/mol. The quantitative estimate of drug-likeness (QED) is 0.927. The second kappa shape index (κ2) is 5.82. The molecule has 0 aliphatic carbocycles. The van der Waals surface area contributed by atoms with Crippen LogP contribution in [0.15, 0.2) is 30.3 Å². The lowest BCUT2D eigenvalue weighted by atomic mass is 10.1. The van der Waals surface area contributed by atoms with Crippen LogP contribution in [0.2, 0.25) is 0 Å². The van der Waals surface area contributed by atoms with Crippen LogP contribution in [0.25, 0.3) is 0 Å². The molecule has 0 saturated heterocycles. The second-order valence-corrected chi connectivity index (χ2v) is 6.12. The first-order valence-electron chi connectivity index (χ1n) is 6.79. The first-order valence-corrected chi connectivity index (χ1v) is 7.60. The van der Waals surface area contributed by atoms with Crippen LogP contribution in [0.4, 0.5) is 0 Å². The van der Waals surface area contributed by atoms with Crippen molar-refractivity contribution in [3.8, 4) is 0 Å². The van der Waals surface area contributed by atoms with Crippen LogP contribution < -0.4 is 5.73 Å². The number of hydrogen-bond donors (Lipinski definition) is 1. The normalized spacial score (nSPS) is 15.4. The van der Waals surface area contributed by atoms with Gasteiger partial charge in [0.15, 0.2) is 0 Å². The van der Waals surface area contributed by atoms with Crippen molar-refractivity contribution in [1.82, 2.24) is 9.88 Å². The minimum atomic E-state index is 0.741. The number of benzene rings is 1. The molecule has 1 aliphatic rings. The molecule has 1 aromatic carbocycles. The van der Waals surface area contributed by atoms with Gasteiger partial charge in [-0.2, -0.15) is 0 Å². The number of aromatic nitrogens is 1. The molecule has 1 aromatic heterocycles. The lowest BCUT2D eigenvalue weighted by Crippen LogP contribution is -2.33. The molecule has 0 fully saturated rings. The Labute approximate surface area is 118 Å². The van der Waals surface area contributed by atoms with Crippen molar-refractivity contribution in [2.45, 2.75) is 19.4 Å².